The van der Waals surface area contributed by atoms with Crippen LogP contribution in [0.25, 0.3) is 0 Å². The lowest BCUT2D eigenvalue weighted by Crippen LogP contribution is -2.44. The van der Waals surface area contributed by atoms with E-state index in [2.05, 4.69) is 26.1 Å². The van der Waals surface area contributed by atoms with Crippen LogP contribution < -0.4 is 5.32 Å². The van der Waals surface area contributed by atoms with Gasteiger partial charge in [-0.2, -0.15) is 0 Å². The minimum absolute atomic E-state index is 0.00807. The first-order chi connectivity index (χ1) is 8.43. The summed E-state index contributed by atoms with van der Waals surface area (Å²) in [5.41, 5.74) is 0.295. The third kappa shape index (κ3) is 2.69. The van der Waals surface area contributed by atoms with Gasteiger partial charge in [-0.25, -0.2) is 0 Å². The smallest absolute Gasteiger partial charge is 0.229 e. The standard InChI is InChI=1S/C14H26N2O2/c1-14(2,3)10-5-6-16(7-10)13(17)11-8-18-9-12(11)15-4/h10-12,15H,5-9H2,1-4H3. The number of carbonyl (C=O) groups excluding carboxylic acids is 1. The number of ether oxygens (including phenoxy) is 1. The minimum Gasteiger partial charge on any atom is -0.379 e. The summed E-state index contributed by atoms with van der Waals surface area (Å²) in [5.74, 6) is 0.907. The molecule has 2 heterocycles. The summed E-state index contributed by atoms with van der Waals surface area (Å²) < 4.78 is 5.43. The minimum atomic E-state index is 0.00807. The van der Waals surface area contributed by atoms with Crippen molar-refractivity contribution in [3.05, 3.63) is 0 Å². The second kappa shape index (κ2) is 5.17. The van der Waals surface area contributed by atoms with Gasteiger partial charge in [-0.15, -0.1) is 0 Å². The van der Waals surface area contributed by atoms with Crippen LogP contribution >= 0.6 is 0 Å². The predicted molar refractivity (Wildman–Crippen MR) is 71.3 cm³/mol. The predicted octanol–water partition coefficient (Wildman–Crippen LogP) is 1.12. The zero-order valence-electron chi connectivity index (χ0n) is 12.0. The summed E-state index contributed by atoms with van der Waals surface area (Å²) in [6.45, 7) is 9.84. The van der Waals surface area contributed by atoms with Crippen molar-refractivity contribution < 1.29 is 9.53 Å². The highest BCUT2D eigenvalue weighted by molar-refractivity contribution is 5.80. The molecule has 2 saturated heterocycles. The second-order valence-electron chi connectivity index (χ2n) is 6.67. The van der Waals surface area contributed by atoms with E-state index in [1.54, 1.807) is 0 Å². The van der Waals surface area contributed by atoms with Crippen LogP contribution in [0.2, 0.25) is 0 Å². The first kappa shape index (κ1) is 13.8. The van der Waals surface area contributed by atoms with Crippen molar-refractivity contribution in [1.29, 1.82) is 0 Å². The number of likely N-dealkylation sites (tertiary alicyclic amines) is 1. The molecule has 104 valence electrons. The highest BCUT2D eigenvalue weighted by Crippen LogP contribution is 2.34. The normalized spacial score (nSPS) is 33.1. The van der Waals surface area contributed by atoms with Crippen molar-refractivity contribution in [1.82, 2.24) is 10.2 Å². The molecule has 0 spiro atoms. The lowest BCUT2D eigenvalue weighted by Gasteiger charge is -2.28. The molecule has 2 aliphatic heterocycles. The number of likely N-dealkylation sites (N-methyl/N-ethyl adjacent to an activating group) is 1. The molecule has 18 heavy (non-hydrogen) atoms. The third-order valence-electron chi connectivity index (χ3n) is 4.49. The van der Waals surface area contributed by atoms with Crippen LogP contribution in [0.3, 0.4) is 0 Å². The number of hydrogen-bond acceptors (Lipinski definition) is 3. The van der Waals surface area contributed by atoms with Crippen LogP contribution in [-0.4, -0.2) is 50.2 Å². The molecule has 2 aliphatic rings. The van der Waals surface area contributed by atoms with E-state index in [1.807, 2.05) is 11.9 Å². The number of carbonyl (C=O) groups is 1. The van der Waals surface area contributed by atoms with E-state index >= 15 is 0 Å². The zero-order chi connectivity index (χ0) is 13.3. The highest BCUT2D eigenvalue weighted by atomic mass is 16.5. The molecule has 2 fully saturated rings. The van der Waals surface area contributed by atoms with Crippen LogP contribution in [0.1, 0.15) is 27.2 Å². The van der Waals surface area contributed by atoms with Crippen LogP contribution in [-0.2, 0) is 9.53 Å². The van der Waals surface area contributed by atoms with Gasteiger partial charge in [0.1, 0.15) is 0 Å². The van der Waals surface area contributed by atoms with Gasteiger partial charge in [-0.1, -0.05) is 20.8 Å². The fraction of sp³-hybridized carbons (Fsp3) is 0.929. The topological polar surface area (TPSA) is 41.6 Å². The molecule has 4 nitrogen and oxygen atoms in total. The Morgan fingerprint density at radius 3 is 2.61 bits per heavy atom. The first-order valence-electron chi connectivity index (χ1n) is 6.97. The van der Waals surface area contributed by atoms with Gasteiger partial charge in [0.15, 0.2) is 0 Å². The van der Waals surface area contributed by atoms with Crippen molar-refractivity contribution >= 4 is 5.91 Å². The number of nitrogens with zero attached hydrogens (tertiary/aromatic N) is 1. The van der Waals surface area contributed by atoms with Gasteiger partial charge in [-0.05, 0) is 24.8 Å². The summed E-state index contributed by atoms with van der Waals surface area (Å²) in [7, 11) is 1.90. The van der Waals surface area contributed by atoms with Gasteiger partial charge < -0.3 is 15.0 Å². The van der Waals surface area contributed by atoms with E-state index in [9.17, 15) is 4.79 Å². The van der Waals surface area contributed by atoms with Gasteiger partial charge in [0.2, 0.25) is 5.91 Å². The van der Waals surface area contributed by atoms with E-state index in [4.69, 9.17) is 4.74 Å². The first-order valence-corrected chi connectivity index (χ1v) is 6.97. The fourth-order valence-corrected chi connectivity index (χ4v) is 2.98. The average molecular weight is 254 g/mol. The number of amides is 1. The molecule has 0 aromatic carbocycles. The van der Waals surface area contributed by atoms with Crippen LogP contribution in [0, 0.1) is 17.3 Å². The summed E-state index contributed by atoms with van der Waals surface area (Å²) in [4.78, 5) is 14.5. The van der Waals surface area contributed by atoms with Crippen molar-refractivity contribution in [3.63, 3.8) is 0 Å². The van der Waals surface area contributed by atoms with Gasteiger partial charge in [-0.3, -0.25) is 4.79 Å². The van der Waals surface area contributed by atoms with Crippen LogP contribution in [0.4, 0.5) is 0 Å². The lowest BCUT2D eigenvalue weighted by molar-refractivity contribution is -0.135. The molecule has 1 amide bonds. The molecule has 0 aromatic rings. The number of rotatable bonds is 2. The fourth-order valence-electron chi connectivity index (χ4n) is 2.98. The zero-order valence-corrected chi connectivity index (χ0v) is 12.0. The van der Waals surface area contributed by atoms with E-state index < -0.39 is 0 Å². The van der Waals surface area contributed by atoms with E-state index in [-0.39, 0.29) is 17.9 Å². The van der Waals surface area contributed by atoms with Gasteiger partial charge >= 0.3 is 0 Å². The largest absolute Gasteiger partial charge is 0.379 e. The summed E-state index contributed by atoms with van der Waals surface area (Å²) in [6.07, 6.45) is 1.13. The van der Waals surface area contributed by atoms with Crippen LogP contribution in [0.5, 0.6) is 0 Å². The van der Waals surface area contributed by atoms with Crippen molar-refractivity contribution in [2.45, 2.75) is 33.2 Å². The highest BCUT2D eigenvalue weighted by Gasteiger charge is 2.40. The SMILES string of the molecule is CNC1COCC1C(=O)N1CCC(C(C)(C)C)C1. The molecule has 0 aliphatic carbocycles. The average Bonchev–Trinajstić information content (AvgIpc) is 2.96. The number of hydrogen-bond donors (Lipinski definition) is 1. The Bertz CT molecular complexity index is 311. The Morgan fingerprint density at radius 1 is 1.33 bits per heavy atom. The maximum atomic E-state index is 12.5. The van der Waals surface area contributed by atoms with Crippen molar-refractivity contribution in [2.24, 2.45) is 17.3 Å². The molecule has 4 heteroatoms. The molecule has 3 unspecified atom stereocenters. The molecule has 0 radical (unpaired) electrons. The molecule has 0 saturated carbocycles. The van der Waals surface area contributed by atoms with E-state index in [0.717, 1.165) is 19.5 Å². The monoisotopic (exact) mass is 254 g/mol. The molecular weight excluding hydrogens is 228 g/mol. The van der Waals surface area contributed by atoms with E-state index in [0.29, 0.717) is 24.5 Å². The van der Waals surface area contributed by atoms with Gasteiger partial charge in [0, 0.05) is 19.1 Å². The molecule has 3 atom stereocenters. The van der Waals surface area contributed by atoms with Gasteiger partial charge in [0.25, 0.3) is 0 Å². The molecule has 1 N–H and O–H groups in total. The maximum absolute atomic E-state index is 12.5. The van der Waals surface area contributed by atoms with Crippen LogP contribution in [0.15, 0.2) is 0 Å². The number of nitrogens with one attached hydrogen (secondary N) is 1. The second-order valence-corrected chi connectivity index (χ2v) is 6.67. The van der Waals surface area contributed by atoms with Crippen molar-refractivity contribution in [3.8, 4) is 0 Å². The molecular formula is C14H26N2O2. The molecule has 0 bridgehead atoms. The Balaban J connectivity index is 1.95. The molecule has 0 aromatic heterocycles. The molecule has 2 rings (SSSR count). The Kier molecular flexibility index (Phi) is 3.97. The lowest BCUT2D eigenvalue weighted by atomic mass is 9.80. The Morgan fingerprint density at radius 2 is 2.06 bits per heavy atom. The summed E-state index contributed by atoms with van der Waals surface area (Å²) in [5, 5.41) is 3.19. The van der Waals surface area contributed by atoms with E-state index in [1.165, 1.54) is 0 Å². The third-order valence-corrected chi connectivity index (χ3v) is 4.49. The Labute approximate surface area is 110 Å². The van der Waals surface area contributed by atoms with Crippen molar-refractivity contribution in [2.75, 3.05) is 33.4 Å². The summed E-state index contributed by atoms with van der Waals surface area (Å²) >= 11 is 0. The van der Waals surface area contributed by atoms with Gasteiger partial charge in [0.05, 0.1) is 19.1 Å². The Hall–Kier alpha value is -0.610. The quantitative estimate of drug-likeness (QED) is 0.803. The summed E-state index contributed by atoms with van der Waals surface area (Å²) in [6, 6.07) is 0.186. The maximum Gasteiger partial charge on any atom is 0.229 e.